The number of nitrogens with zero attached hydrogens (tertiary/aromatic N) is 1. The average molecular weight is 208 g/mol. The van der Waals surface area contributed by atoms with E-state index in [0.29, 0.717) is 6.42 Å². The van der Waals surface area contributed by atoms with Crippen molar-refractivity contribution in [1.29, 1.82) is 5.26 Å². The number of halogens is 1. The predicted octanol–water partition coefficient (Wildman–Crippen LogP) is 2.62. The van der Waals surface area contributed by atoms with Gasteiger partial charge in [-0.2, -0.15) is 5.26 Å². The Hall–Kier alpha value is -1.33. The van der Waals surface area contributed by atoms with Crippen molar-refractivity contribution < 1.29 is 4.79 Å². The molecule has 1 aromatic rings. The van der Waals surface area contributed by atoms with Crippen LogP contribution in [0.3, 0.4) is 0 Å². The molecule has 0 fully saturated rings. The first-order valence-electron chi connectivity index (χ1n) is 4.25. The Bertz CT molecular complexity index is 381. The van der Waals surface area contributed by atoms with E-state index >= 15 is 0 Å². The Morgan fingerprint density at radius 2 is 2.36 bits per heavy atom. The van der Waals surface area contributed by atoms with Crippen molar-refractivity contribution >= 4 is 17.4 Å². The first kappa shape index (κ1) is 10.7. The fraction of sp³-hybridized carbons (Fsp3) is 0.273. The molecule has 0 bridgehead atoms. The highest BCUT2D eigenvalue weighted by Crippen LogP contribution is 2.22. The summed E-state index contributed by atoms with van der Waals surface area (Å²) >= 11 is 5.88. The van der Waals surface area contributed by atoms with Gasteiger partial charge in [0, 0.05) is 0 Å². The zero-order valence-electron chi connectivity index (χ0n) is 7.83. The molecule has 1 atom stereocenters. The Kier molecular flexibility index (Phi) is 3.67. The summed E-state index contributed by atoms with van der Waals surface area (Å²) in [6, 6.07) is 9.29. The Morgan fingerprint density at radius 3 is 2.93 bits per heavy atom. The summed E-state index contributed by atoms with van der Waals surface area (Å²) in [7, 11) is 0. The molecule has 0 aromatic heterocycles. The highest BCUT2D eigenvalue weighted by molar-refractivity contribution is 6.30. The Morgan fingerprint density at radius 1 is 1.64 bits per heavy atom. The van der Waals surface area contributed by atoms with Crippen molar-refractivity contribution in [3.05, 3.63) is 35.4 Å². The van der Waals surface area contributed by atoms with Crippen LogP contribution in [0.5, 0.6) is 0 Å². The van der Waals surface area contributed by atoms with Crippen molar-refractivity contribution in [2.75, 3.05) is 0 Å². The summed E-state index contributed by atoms with van der Waals surface area (Å²) in [5.41, 5.74) is 1.64. The van der Waals surface area contributed by atoms with Gasteiger partial charge in [-0.15, -0.1) is 11.6 Å². The fourth-order valence-electron chi connectivity index (χ4n) is 1.19. The van der Waals surface area contributed by atoms with Crippen LogP contribution in [0.4, 0.5) is 0 Å². The molecule has 1 unspecified atom stereocenters. The van der Waals surface area contributed by atoms with Gasteiger partial charge in [-0.25, -0.2) is 0 Å². The molecule has 0 aliphatic rings. The van der Waals surface area contributed by atoms with E-state index in [1.807, 2.05) is 6.07 Å². The molecule has 0 saturated heterocycles. The molecule has 0 amide bonds. The van der Waals surface area contributed by atoms with Crippen LogP contribution < -0.4 is 0 Å². The number of rotatable bonds is 3. The molecular formula is C11H10ClNO. The van der Waals surface area contributed by atoms with Crippen LogP contribution in [0.15, 0.2) is 24.3 Å². The van der Waals surface area contributed by atoms with E-state index in [1.54, 1.807) is 18.2 Å². The lowest BCUT2D eigenvalue weighted by molar-refractivity contribution is -0.116. The molecule has 1 aromatic carbocycles. The highest BCUT2D eigenvalue weighted by Gasteiger charge is 2.12. The maximum Gasteiger partial charge on any atom is 0.152 e. The van der Waals surface area contributed by atoms with Gasteiger partial charge in [-0.1, -0.05) is 24.3 Å². The highest BCUT2D eigenvalue weighted by atomic mass is 35.5. The average Bonchev–Trinajstić information content (AvgIpc) is 2.17. The quantitative estimate of drug-likeness (QED) is 0.715. The van der Waals surface area contributed by atoms with Crippen LogP contribution in [-0.4, -0.2) is 5.78 Å². The largest absolute Gasteiger partial charge is 0.298 e. The number of carbonyl (C=O) groups is 1. The van der Waals surface area contributed by atoms with E-state index in [1.165, 1.54) is 6.92 Å². The normalized spacial score (nSPS) is 11.8. The molecular weight excluding hydrogens is 198 g/mol. The molecule has 0 saturated carbocycles. The van der Waals surface area contributed by atoms with Crippen molar-refractivity contribution in [2.45, 2.75) is 18.7 Å². The molecule has 0 N–H and O–H groups in total. The van der Waals surface area contributed by atoms with Crippen molar-refractivity contribution in [1.82, 2.24) is 0 Å². The van der Waals surface area contributed by atoms with Crippen LogP contribution >= 0.6 is 11.6 Å². The number of carbonyl (C=O) groups excluding carboxylic acids is 1. The lowest BCUT2D eigenvalue weighted by Gasteiger charge is -2.06. The monoisotopic (exact) mass is 207 g/mol. The molecule has 0 radical (unpaired) electrons. The SMILES string of the molecule is CC(=O)C(Cl)c1cccc(CC#N)c1. The van der Waals surface area contributed by atoms with Crippen LogP contribution in [-0.2, 0) is 11.2 Å². The minimum Gasteiger partial charge on any atom is -0.298 e. The van der Waals surface area contributed by atoms with Gasteiger partial charge in [0.1, 0.15) is 5.38 Å². The second kappa shape index (κ2) is 4.78. The topological polar surface area (TPSA) is 40.9 Å². The number of nitriles is 1. The third kappa shape index (κ3) is 2.58. The van der Waals surface area contributed by atoms with Gasteiger partial charge in [0.25, 0.3) is 0 Å². The predicted molar refractivity (Wildman–Crippen MR) is 55.0 cm³/mol. The number of ketones is 1. The first-order chi connectivity index (χ1) is 6.65. The van der Waals surface area contributed by atoms with E-state index in [9.17, 15) is 4.79 Å². The molecule has 0 aliphatic carbocycles. The summed E-state index contributed by atoms with van der Waals surface area (Å²) in [4.78, 5) is 11.0. The van der Waals surface area contributed by atoms with Gasteiger partial charge in [0.05, 0.1) is 12.5 Å². The van der Waals surface area contributed by atoms with Gasteiger partial charge in [-0.3, -0.25) is 4.79 Å². The number of alkyl halides is 1. The summed E-state index contributed by atoms with van der Waals surface area (Å²) in [5, 5.41) is 7.91. The first-order valence-corrected chi connectivity index (χ1v) is 4.69. The Labute approximate surface area is 88.1 Å². The summed E-state index contributed by atoms with van der Waals surface area (Å²) in [5.74, 6) is -0.0826. The van der Waals surface area contributed by atoms with Crippen LogP contribution in [0.2, 0.25) is 0 Å². The van der Waals surface area contributed by atoms with E-state index in [0.717, 1.165) is 11.1 Å². The van der Waals surface area contributed by atoms with Gasteiger partial charge in [0.2, 0.25) is 0 Å². The zero-order chi connectivity index (χ0) is 10.6. The number of hydrogen-bond donors (Lipinski definition) is 0. The Balaban J connectivity index is 2.94. The molecule has 72 valence electrons. The van der Waals surface area contributed by atoms with Crippen LogP contribution in [0.25, 0.3) is 0 Å². The molecule has 3 heteroatoms. The molecule has 1 rings (SSSR count). The number of benzene rings is 1. The fourth-order valence-corrected chi connectivity index (χ4v) is 1.32. The maximum absolute atomic E-state index is 11.0. The lowest BCUT2D eigenvalue weighted by Crippen LogP contribution is -2.01. The van der Waals surface area contributed by atoms with Gasteiger partial charge in [0.15, 0.2) is 5.78 Å². The van der Waals surface area contributed by atoms with E-state index in [2.05, 4.69) is 6.07 Å². The summed E-state index contributed by atoms with van der Waals surface area (Å²) in [6.45, 7) is 1.45. The third-order valence-corrected chi connectivity index (χ3v) is 2.44. The molecule has 2 nitrogen and oxygen atoms in total. The second-order valence-electron chi connectivity index (χ2n) is 3.05. The standard InChI is InChI=1S/C11H10ClNO/c1-8(14)11(12)10-4-2-3-9(7-10)5-6-13/h2-4,7,11H,5H2,1H3. The lowest BCUT2D eigenvalue weighted by atomic mass is 10.0. The summed E-state index contributed by atoms with van der Waals surface area (Å²) < 4.78 is 0. The van der Waals surface area contributed by atoms with Crippen molar-refractivity contribution in [3.63, 3.8) is 0 Å². The van der Waals surface area contributed by atoms with Crippen molar-refractivity contribution in [3.8, 4) is 6.07 Å². The van der Waals surface area contributed by atoms with Crippen LogP contribution in [0.1, 0.15) is 23.4 Å². The molecule has 14 heavy (non-hydrogen) atoms. The van der Waals surface area contributed by atoms with E-state index in [-0.39, 0.29) is 5.78 Å². The smallest absolute Gasteiger partial charge is 0.152 e. The van der Waals surface area contributed by atoms with Gasteiger partial charge >= 0.3 is 0 Å². The third-order valence-electron chi connectivity index (χ3n) is 1.88. The molecule has 0 spiro atoms. The van der Waals surface area contributed by atoms with Crippen LogP contribution in [0, 0.1) is 11.3 Å². The molecule has 0 aliphatic heterocycles. The second-order valence-corrected chi connectivity index (χ2v) is 3.49. The van der Waals surface area contributed by atoms with E-state index < -0.39 is 5.38 Å². The van der Waals surface area contributed by atoms with Gasteiger partial charge < -0.3 is 0 Å². The maximum atomic E-state index is 11.0. The van der Waals surface area contributed by atoms with E-state index in [4.69, 9.17) is 16.9 Å². The zero-order valence-corrected chi connectivity index (χ0v) is 8.58. The number of hydrogen-bond acceptors (Lipinski definition) is 2. The van der Waals surface area contributed by atoms with Crippen molar-refractivity contribution in [2.24, 2.45) is 0 Å². The number of Topliss-reactive ketones (excluding diaryl/α,β-unsaturated/α-hetero) is 1. The molecule has 0 heterocycles. The minimum atomic E-state index is -0.603. The van der Waals surface area contributed by atoms with Gasteiger partial charge in [-0.05, 0) is 18.1 Å². The minimum absolute atomic E-state index is 0.0826. The summed E-state index contributed by atoms with van der Waals surface area (Å²) in [6.07, 6.45) is 0.343.